The number of aryl methyl sites for hydroxylation is 1. The van der Waals surface area contributed by atoms with Crippen molar-refractivity contribution in [2.24, 2.45) is 4.99 Å². The van der Waals surface area contributed by atoms with Crippen LogP contribution < -0.4 is 4.74 Å². The lowest BCUT2D eigenvalue weighted by Gasteiger charge is -2.16. The summed E-state index contributed by atoms with van der Waals surface area (Å²) in [6.07, 6.45) is 2.06. The maximum Gasteiger partial charge on any atom is 0.122 e. The lowest BCUT2D eigenvalue weighted by atomic mass is 9.97. The number of benzene rings is 1. The van der Waals surface area contributed by atoms with Gasteiger partial charge in [0.25, 0.3) is 0 Å². The number of rotatable bonds is 3. The van der Waals surface area contributed by atoms with Gasteiger partial charge in [0, 0.05) is 12.6 Å². The first-order valence-electron chi connectivity index (χ1n) is 5.74. The third-order valence-corrected chi connectivity index (χ3v) is 3.61. The van der Waals surface area contributed by atoms with Gasteiger partial charge in [0.15, 0.2) is 0 Å². The number of aliphatic imine (C=N–C) groups is 1. The molecule has 0 aliphatic rings. The molecule has 0 fully saturated rings. The molecule has 3 heteroatoms. The summed E-state index contributed by atoms with van der Waals surface area (Å²) < 4.78 is 5.44. The van der Waals surface area contributed by atoms with Crippen molar-refractivity contribution < 1.29 is 4.74 Å². The minimum Gasteiger partial charge on any atom is -0.496 e. The van der Waals surface area contributed by atoms with Crippen LogP contribution in [0.2, 0.25) is 0 Å². The molecule has 17 heavy (non-hydrogen) atoms. The highest BCUT2D eigenvalue weighted by molar-refractivity contribution is 8.13. The highest BCUT2D eigenvalue weighted by atomic mass is 32.2. The Balaban J connectivity index is 3.39. The van der Waals surface area contributed by atoms with Crippen molar-refractivity contribution in [3.05, 3.63) is 28.8 Å². The summed E-state index contributed by atoms with van der Waals surface area (Å²) in [4.78, 5) is 4.33. The molecule has 0 aromatic heterocycles. The Morgan fingerprint density at radius 3 is 2.41 bits per heavy atom. The maximum absolute atomic E-state index is 5.44. The molecule has 0 atom stereocenters. The fourth-order valence-corrected chi connectivity index (χ4v) is 2.50. The molecule has 0 aliphatic heterocycles. The fraction of sp³-hybridized carbons (Fsp3) is 0.500. The van der Waals surface area contributed by atoms with Crippen LogP contribution in [0, 0.1) is 6.92 Å². The van der Waals surface area contributed by atoms with Crippen molar-refractivity contribution in [1.29, 1.82) is 0 Å². The van der Waals surface area contributed by atoms with Gasteiger partial charge in [-0.3, -0.25) is 4.99 Å². The predicted molar refractivity (Wildman–Crippen MR) is 77.8 cm³/mol. The molecule has 0 saturated carbocycles. The molecule has 0 N–H and O–H groups in total. The van der Waals surface area contributed by atoms with E-state index in [-0.39, 0.29) is 0 Å². The number of thioether (sulfide) groups is 1. The largest absolute Gasteiger partial charge is 0.496 e. The zero-order chi connectivity index (χ0) is 13.0. The summed E-state index contributed by atoms with van der Waals surface area (Å²) >= 11 is 1.68. The molecule has 0 spiro atoms. The summed E-state index contributed by atoms with van der Waals surface area (Å²) in [6, 6.07) is 4.31. The molecule has 0 radical (unpaired) electrons. The van der Waals surface area contributed by atoms with E-state index in [1.54, 1.807) is 18.9 Å². The average molecular weight is 251 g/mol. The Kier molecular flexibility index (Phi) is 5.06. The fourth-order valence-electron chi connectivity index (χ4n) is 1.88. The van der Waals surface area contributed by atoms with Crippen molar-refractivity contribution in [2.75, 3.05) is 20.4 Å². The lowest BCUT2D eigenvalue weighted by Crippen LogP contribution is -2.03. The Bertz CT molecular complexity index is 424. The predicted octanol–water partition coefficient (Wildman–Crippen LogP) is 3.87. The van der Waals surface area contributed by atoms with Crippen LogP contribution in [-0.2, 0) is 0 Å². The molecule has 0 bridgehead atoms. The zero-order valence-corrected chi connectivity index (χ0v) is 12.3. The molecule has 0 aliphatic carbocycles. The Labute approximate surface area is 108 Å². The van der Waals surface area contributed by atoms with Gasteiger partial charge in [0.05, 0.1) is 12.2 Å². The molecule has 1 aromatic rings. The molecule has 0 unspecified atom stereocenters. The number of nitrogens with zero attached hydrogens (tertiary/aromatic N) is 1. The SMILES string of the molecule is CN=C(SC)c1cc(C(C)C)c(OC)cc1C. The first-order chi connectivity index (χ1) is 8.04. The van der Waals surface area contributed by atoms with E-state index in [1.807, 2.05) is 7.05 Å². The third kappa shape index (κ3) is 3.03. The smallest absolute Gasteiger partial charge is 0.122 e. The topological polar surface area (TPSA) is 21.6 Å². The summed E-state index contributed by atoms with van der Waals surface area (Å²) in [5.74, 6) is 1.42. The van der Waals surface area contributed by atoms with Gasteiger partial charge < -0.3 is 4.74 Å². The lowest BCUT2D eigenvalue weighted by molar-refractivity contribution is 0.407. The van der Waals surface area contributed by atoms with Crippen LogP contribution in [0.5, 0.6) is 5.75 Å². The van der Waals surface area contributed by atoms with Crippen molar-refractivity contribution in [3.8, 4) is 5.75 Å². The van der Waals surface area contributed by atoms with Crippen molar-refractivity contribution in [2.45, 2.75) is 26.7 Å². The van der Waals surface area contributed by atoms with Gasteiger partial charge in [0.1, 0.15) is 5.75 Å². The quantitative estimate of drug-likeness (QED) is 0.601. The van der Waals surface area contributed by atoms with E-state index in [9.17, 15) is 0 Å². The number of hydrogen-bond donors (Lipinski definition) is 0. The summed E-state index contributed by atoms with van der Waals surface area (Å²) in [5, 5.41) is 1.08. The van der Waals surface area contributed by atoms with Gasteiger partial charge in [-0.15, -0.1) is 11.8 Å². The molecule has 2 nitrogen and oxygen atoms in total. The summed E-state index contributed by atoms with van der Waals surface area (Å²) in [5.41, 5.74) is 3.66. The molecule has 0 saturated heterocycles. The highest BCUT2D eigenvalue weighted by Crippen LogP contribution is 2.31. The summed E-state index contributed by atoms with van der Waals surface area (Å²) in [6.45, 7) is 6.46. The van der Waals surface area contributed by atoms with Gasteiger partial charge in [0.2, 0.25) is 0 Å². The van der Waals surface area contributed by atoms with E-state index in [1.165, 1.54) is 16.7 Å². The number of hydrogen-bond acceptors (Lipinski definition) is 3. The monoisotopic (exact) mass is 251 g/mol. The van der Waals surface area contributed by atoms with Crippen molar-refractivity contribution in [3.63, 3.8) is 0 Å². The Morgan fingerprint density at radius 2 is 2.00 bits per heavy atom. The number of methoxy groups -OCH3 is 1. The maximum atomic E-state index is 5.44. The van der Waals surface area contributed by atoms with E-state index >= 15 is 0 Å². The van der Waals surface area contributed by atoms with Crippen molar-refractivity contribution >= 4 is 16.8 Å². The number of ether oxygens (including phenoxy) is 1. The molecule has 0 heterocycles. The van der Waals surface area contributed by atoms with E-state index in [0.717, 1.165) is 10.8 Å². The molecular weight excluding hydrogens is 230 g/mol. The van der Waals surface area contributed by atoms with Crippen LogP contribution in [0.15, 0.2) is 17.1 Å². The van der Waals surface area contributed by atoms with E-state index in [4.69, 9.17) is 4.74 Å². The standard InChI is InChI=1S/C14H21NOS/c1-9(2)11-8-12(14(15-4)17-6)10(3)7-13(11)16-5/h7-9H,1-6H3. The van der Waals surface area contributed by atoms with Gasteiger partial charge in [-0.2, -0.15) is 0 Å². The van der Waals surface area contributed by atoms with Crippen LogP contribution in [0.3, 0.4) is 0 Å². The second-order valence-corrected chi connectivity index (χ2v) is 5.09. The first-order valence-corrected chi connectivity index (χ1v) is 6.97. The minimum absolute atomic E-state index is 0.448. The van der Waals surface area contributed by atoms with Crippen LogP contribution in [0.25, 0.3) is 0 Å². The van der Waals surface area contributed by atoms with Gasteiger partial charge >= 0.3 is 0 Å². The van der Waals surface area contributed by atoms with E-state index in [2.05, 4.69) is 44.2 Å². The van der Waals surface area contributed by atoms with Crippen molar-refractivity contribution in [1.82, 2.24) is 0 Å². The second-order valence-electron chi connectivity index (χ2n) is 4.30. The van der Waals surface area contributed by atoms with E-state index < -0.39 is 0 Å². The van der Waals surface area contributed by atoms with Gasteiger partial charge in [-0.05, 0) is 42.4 Å². The van der Waals surface area contributed by atoms with E-state index in [0.29, 0.717) is 5.92 Å². The average Bonchev–Trinajstić information content (AvgIpc) is 2.31. The highest BCUT2D eigenvalue weighted by Gasteiger charge is 2.13. The summed E-state index contributed by atoms with van der Waals surface area (Å²) in [7, 11) is 3.56. The molecule has 94 valence electrons. The van der Waals surface area contributed by atoms with Crippen LogP contribution >= 0.6 is 11.8 Å². The molecular formula is C14H21NOS. The van der Waals surface area contributed by atoms with Crippen LogP contribution in [-0.4, -0.2) is 25.5 Å². The molecule has 1 aromatic carbocycles. The zero-order valence-electron chi connectivity index (χ0n) is 11.5. The van der Waals surface area contributed by atoms with Gasteiger partial charge in [-0.25, -0.2) is 0 Å². The third-order valence-electron chi connectivity index (χ3n) is 2.83. The molecule has 1 rings (SSSR count). The Morgan fingerprint density at radius 1 is 1.35 bits per heavy atom. The van der Waals surface area contributed by atoms with Crippen LogP contribution in [0.4, 0.5) is 0 Å². The Hall–Kier alpha value is -0.960. The normalized spacial score (nSPS) is 12.1. The second kappa shape index (κ2) is 6.10. The molecule has 0 amide bonds. The van der Waals surface area contributed by atoms with Crippen LogP contribution in [0.1, 0.15) is 36.5 Å². The minimum atomic E-state index is 0.448. The first kappa shape index (κ1) is 14.1. The van der Waals surface area contributed by atoms with Gasteiger partial charge in [-0.1, -0.05) is 13.8 Å².